The van der Waals surface area contributed by atoms with Crippen LogP contribution in [0.4, 0.5) is 10.5 Å². The van der Waals surface area contributed by atoms with Crippen molar-refractivity contribution in [2.75, 3.05) is 26.0 Å². The lowest BCUT2D eigenvalue weighted by Crippen LogP contribution is -2.35. The van der Waals surface area contributed by atoms with Gasteiger partial charge in [0.1, 0.15) is 11.4 Å². The number of anilines is 1. The first-order valence-corrected chi connectivity index (χ1v) is 8.52. The lowest BCUT2D eigenvalue weighted by molar-refractivity contribution is -0.116. The fourth-order valence-corrected chi connectivity index (χ4v) is 2.27. The number of amides is 2. The number of carbonyl (C=O) groups is 3. The van der Waals surface area contributed by atoms with Crippen LogP contribution in [0.1, 0.15) is 44.0 Å². The molecule has 0 spiro atoms. The minimum Gasteiger partial charge on any atom is -0.496 e. The average Bonchev–Trinajstić information content (AvgIpc) is 2.54. The number of aldehydes is 1. The van der Waals surface area contributed by atoms with Crippen LogP contribution in [-0.2, 0) is 9.53 Å². The number of carbonyl (C=O) groups excluding carboxylic acids is 3. The first kappa shape index (κ1) is 21.8. The second-order valence-electron chi connectivity index (χ2n) is 6.75. The second-order valence-corrected chi connectivity index (χ2v) is 7.15. The Morgan fingerprint density at radius 3 is 2.50 bits per heavy atom. The summed E-state index contributed by atoms with van der Waals surface area (Å²) in [5, 5.41) is 2.92. The smallest absolute Gasteiger partial charge is 0.410 e. The highest BCUT2D eigenvalue weighted by Crippen LogP contribution is 2.30. The van der Waals surface area contributed by atoms with Crippen molar-refractivity contribution in [1.29, 1.82) is 0 Å². The lowest BCUT2D eigenvalue weighted by Gasteiger charge is -2.24. The molecule has 7 nitrogen and oxygen atoms in total. The minimum absolute atomic E-state index is 0.196. The Bertz CT molecular complexity index is 670. The van der Waals surface area contributed by atoms with Gasteiger partial charge in [-0.05, 0) is 33.3 Å². The number of hydrogen-bond donors (Lipinski definition) is 1. The van der Waals surface area contributed by atoms with Gasteiger partial charge in [-0.3, -0.25) is 9.59 Å². The van der Waals surface area contributed by atoms with E-state index in [2.05, 4.69) is 5.32 Å². The summed E-state index contributed by atoms with van der Waals surface area (Å²) in [5.74, 6) is 0.0646. The second kappa shape index (κ2) is 9.43. The number of rotatable bonds is 7. The highest BCUT2D eigenvalue weighted by atomic mass is 35.5. The molecule has 1 aromatic rings. The number of nitrogens with zero attached hydrogens (tertiary/aromatic N) is 1. The Labute approximate surface area is 158 Å². The molecule has 26 heavy (non-hydrogen) atoms. The van der Waals surface area contributed by atoms with Gasteiger partial charge in [0.2, 0.25) is 5.91 Å². The first-order valence-electron chi connectivity index (χ1n) is 8.14. The van der Waals surface area contributed by atoms with E-state index >= 15 is 0 Å². The molecule has 0 aliphatic rings. The molecular weight excluding hydrogens is 360 g/mol. The molecule has 0 fully saturated rings. The van der Waals surface area contributed by atoms with E-state index < -0.39 is 11.7 Å². The summed E-state index contributed by atoms with van der Waals surface area (Å²) in [5.41, 5.74) is 0.0979. The molecule has 0 heterocycles. The number of benzene rings is 1. The standard InChI is InChI=1S/C18H25ClN2O5/c1-18(2,3)26-17(24)21(4)8-6-7-16(23)20-14-10-15(25-5)12(11-22)9-13(14)19/h9-11H,6-8H2,1-5H3,(H,20,23). The van der Waals surface area contributed by atoms with Crippen molar-refractivity contribution in [3.8, 4) is 5.75 Å². The number of halogens is 1. The minimum atomic E-state index is -0.563. The number of methoxy groups -OCH3 is 1. The van der Waals surface area contributed by atoms with E-state index in [4.69, 9.17) is 21.1 Å². The summed E-state index contributed by atoms with van der Waals surface area (Å²) in [4.78, 5) is 36.3. The van der Waals surface area contributed by atoms with Crippen molar-refractivity contribution < 1.29 is 23.9 Å². The van der Waals surface area contributed by atoms with Gasteiger partial charge in [0, 0.05) is 26.1 Å². The molecule has 0 unspecified atom stereocenters. The quantitative estimate of drug-likeness (QED) is 0.723. The summed E-state index contributed by atoms with van der Waals surface area (Å²) in [6.07, 6.45) is 0.849. The van der Waals surface area contributed by atoms with Crippen LogP contribution < -0.4 is 10.1 Å². The molecule has 2 amide bonds. The van der Waals surface area contributed by atoms with Crippen molar-refractivity contribution >= 4 is 35.6 Å². The van der Waals surface area contributed by atoms with Gasteiger partial charge in [0.05, 0.1) is 23.4 Å². The largest absolute Gasteiger partial charge is 0.496 e. The van der Waals surface area contributed by atoms with E-state index in [1.165, 1.54) is 24.1 Å². The molecule has 0 atom stereocenters. The van der Waals surface area contributed by atoms with Gasteiger partial charge in [0.15, 0.2) is 6.29 Å². The Kier molecular flexibility index (Phi) is 7.89. The van der Waals surface area contributed by atoms with E-state index in [0.717, 1.165) is 0 Å². The van der Waals surface area contributed by atoms with Crippen LogP contribution >= 0.6 is 11.6 Å². The van der Waals surface area contributed by atoms with E-state index in [-0.39, 0.29) is 17.4 Å². The zero-order valence-electron chi connectivity index (χ0n) is 15.7. The SMILES string of the molecule is COc1cc(NC(=O)CCCN(C)C(=O)OC(C)(C)C)c(Cl)cc1C=O. The van der Waals surface area contributed by atoms with Gasteiger partial charge in [-0.1, -0.05) is 11.6 Å². The summed E-state index contributed by atoms with van der Waals surface area (Å²) in [6, 6.07) is 2.93. The summed E-state index contributed by atoms with van der Waals surface area (Å²) in [7, 11) is 3.04. The maximum absolute atomic E-state index is 12.1. The van der Waals surface area contributed by atoms with Gasteiger partial charge in [-0.2, -0.15) is 0 Å². The predicted molar refractivity (Wildman–Crippen MR) is 100 cm³/mol. The fourth-order valence-electron chi connectivity index (χ4n) is 2.05. The van der Waals surface area contributed by atoms with Gasteiger partial charge >= 0.3 is 6.09 Å². The van der Waals surface area contributed by atoms with Gasteiger partial charge in [0.25, 0.3) is 0 Å². The highest BCUT2D eigenvalue weighted by Gasteiger charge is 2.19. The molecule has 0 radical (unpaired) electrons. The lowest BCUT2D eigenvalue weighted by atomic mass is 10.2. The van der Waals surface area contributed by atoms with Crippen molar-refractivity contribution in [2.45, 2.75) is 39.2 Å². The molecule has 144 valence electrons. The number of hydrogen-bond acceptors (Lipinski definition) is 5. The molecule has 0 bridgehead atoms. The topological polar surface area (TPSA) is 84.9 Å². The predicted octanol–water partition coefficient (Wildman–Crippen LogP) is 3.75. The third-order valence-corrected chi connectivity index (χ3v) is 3.64. The number of ether oxygens (including phenoxy) is 2. The molecule has 0 aromatic heterocycles. The van der Waals surface area contributed by atoms with E-state index in [1.807, 2.05) is 0 Å². The summed E-state index contributed by atoms with van der Waals surface area (Å²) in [6.45, 7) is 5.75. The van der Waals surface area contributed by atoms with Crippen LogP contribution in [0, 0.1) is 0 Å². The van der Waals surface area contributed by atoms with Crippen molar-refractivity contribution in [1.82, 2.24) is 4.90 Å². The van der Waals surface area contributed by atoms with Crippen molar-refractivity contribution in [3.63, 3.8) is 0 Å². The van der Waals surface area contributed by atoms with Crippen LogP contribution in [-0.4, -0.2) is 49.5 Å². The Balaban J connectivity index is 2.55. The fraction of sp³-hybridized carbons (Fsp3) is 0.500. The number of nitrogens with one attached hydrogen (secondary N) is 1. The maximum atomic E-state index is 12.1. The average molecular weight is 385 g/mol. The van der Waals surface area contributed by atoms with Gasteiger partial charge in [-0.25, -0.2) is 4.79 Å². The first-order chi connectivity index (χ1) is 12.1. The summed E-state index contributed by atoms with van der Waals surface area (Å²) >= 11 is 6.07. The normalized spacial score (nSPS) is 10.8. The molecule has 1 aromatic carbocycles. The van der Waals surface area contributed by atoms with Crippen LogP contribution in [0.5, 0.6) is 5.75 Å². The molecule has 1 N–H and O–H groups in total. The molecule has 0 aliphatic carbocycles. The molecule has 1 rings (SSSR count). The maximum Gasteiger partial charge on any atom is 0.410 e. The van der Waals surface area contributed by atoms with Crippen LogP contribution in [0.2, 0.25) is 5.02 Å². The Morgan fingerprint density at radius 2 is 1.96 bits per heavy atom. The molecule has 0 saturated carbocycles. The molecular formula is C18H25ClN2O5. The van der Waals surface area contributed by atoms with Crippen molar-refractivity contribution in [2.24, 2.45) is 0 Å². The zero-order chi connectivity index (χ0) is 19.9. The monoisotopic (exact) mass is 384 g/mol. The Morgan fingerprint density at radius 1 is 1.31 bits per heavy atom. The molecule has 8 heteroatoms. The third kappa shape index (κ3) is 6.92. The van der Waals surface area contributed by atoms with Gasteiger partial charge in [-0.15, -0.1) is 0 Å². The van der Waals surface area contributed by atoms with Gasteiger partial charge < -0.3 is 19.7 Å². The van der Waals surface area contributed by atoms with Crippen LogP contribution in [0.25, 0.3) is 0 Å². The van der Waals surface area contributed by atoms with E-state index in [0.29, 0.717) is 36.3 Å². The highest BCUT2D eigenvalue weighted by molar-refractivity contribution is 6.34. The van der Waals surface area contributed by atoms with Crippen molar-refractivity contribution in [3.05, 3.63) is 22.7 Å². The third-order valence-electron chi connectivity index (χ3n) is 3.32. The summed E-state index contributed by atoms with van der Waals surface area (Å²) < 4.78 is 10.3. The van der Waals surface area contributed by atoms with Crippen LogP contribution in [0.15, 0.2) is 12.1 Å². The zero-order valence-corrected chi connectivity index (χ0v) is 16.5. The van der Waals surface area contributed by atoms with E-state index in [1.54, 1.807) is 27.8 Å². The Hall–Kier alpha value is -2.28. The van der Waals surface area contributed by atoms with Crippen LogP contribution in [0.3, 0.4) is 0 Å². The van der Waals surface area contributed by atoms with E-state index in [9.17, 15) is 14.4 Å². The molecule has 0 aliphatic heterocycles. The molecule has 0 saturated heterocycles.